The van der Waals surface area contributed by atoms with E-state index in [0.29, 0.717) is 0 Å². The van der Waals surface area contributed by atoms with Crippen LogP contribution in [-0.4, -0.2) is 69.4 Å². The van der Waals surface area contributed by atoms with Gasteiger partial charge in [0.15, 0.2) is 18.3 Å². The van der Waals surface area contributed by atoms with Crippen LogP contribution in [0.2, 0.25) is 0 Å². The Balaban J connectivity index is 1.86. The lowest BCUT2D eigenvalue weighted by Gasteiger charge is -2.15. The van der Waals surface area contributed by atoms with Crippen LogP contribution in [0.25, 0.3) is 0 Å². The second kappa shape index (κ2) is 9.85. The average molecular weight is 458 g/mol. The van der Waals surface area contributed by atoms with Gasteiger partial charge in [-0.2, -0.15) is 0 Å². The van der Waals surface area contributed by atoms with E-state index in [4.69, 9.17) is 0 Å². The van der Waals surface area contributed by atoms with Gasteiger partial charge in [0.1, 0.15) is 0 Å². The maximum Gasteiger partial charge on any atom is 0.537 e. The van der Waals surface area contributed by atoms with Crippen LogP contribution in [0, 0.1) is 0 Å². The zero-order chi connectivity index (χ0) is 21.7. The van der Waals surface area contributed by atoms with Crippen molar-refractivity contribution in [2.24, 2.45) is 0 Å². The van der Waals surface area contributed by atoms with Crippen LogP contribution in [0.15, 0.2) is 0 Å². The van der Waals surface area contributed by atoms with Crippen LogP contribution in [0.1, 0.15) is 19.3 Å². The van der Waals surface area contributed by atoms with E-state index in [0.717, 1.165) is 0 Å². The smallest absolute Gasteiger partial charge is 0.381 e. The van der Waals surface area contributed by atoms with Gasteiger partial charge in [0, 0.05) is 0 Å². The monoisotopic (exact) mass is 458 g/mol. The molecule has 0 bridgehead atoms. The molecule has 15 nitrogen and oxygen atoms in total. The van der Waals surface area contributed by atoms with Crippen molar-refractivity contribution >= 4 is 53.0 Å². The first-order chi connectivity index (χ1) is 13.5. The molecule has 17 heteroatoms. The summed E-state index contributed by atoms with van der Waals surface area (Å²) in [4.78, 5) is 68.6. The maximum atomic E-state index is 11.7. The van der Waals surface area contributed by atoms with Crippen LogP contribution >= 0.6 is 17.2 Å². The molecule has 0 spiro atoms. The van der Waals surface area contributed by atoms with E-state index in [-0.39, 0.29) is 0 Å². The van der Waals surface area contributed by atoms with Gasteiger partial charge in [-0.25, -0.2) is 14.4 Å². The van der Waals surface area contributed by atoms with Crippen molar-refractivity contribution in [1.29, 1.82) is 0 Å². The van der Waals surface area contributed by atoms with Gasteiger partial charge >= 0.3 is 53.0 Å². The fraction of sp³-hybridized carbons (Fsp3) is 0.500. The first-order valence-corrected chi connectivity index (χ1v) is 9.66. The summed E-state index contributed by atoms with van der Waals surface area (Å²) in [5.74, 6) is -7.71. The fourth-order valence-corrected chi connectivity index (χ4v) is 3.35. The Bertz CT molecular complexity index is 722. The predicted octanol–water partition coefficient (Wildman–Crippen LogP) is -2.02. The van der Waals surface area contributed by atoms with Gasteiger partial charge in [-0.15, -0.1) is 0 Å². The van der Waals surface area contributed by atoms with E-state index in [1.165, 1.54) is 0 Å². The third-order valence-corrected chi connectivity index (χ3v) is 4.96. The molecule has 2 aliphatic heterocycles. The van der Waals surface area contributed by atoms with E-state index < -0.39 is 90.6 Å². The van der Waals surface area contributed by atoms with Crippen molar-refractivity contribution in [3.8, 4) is 0 Å². The first kappa shape index (κ1) is 22.8. The van der Waals surface area contributed by atoms with Crippen molar-refractivity contribution in [1.82, 2.24) is 0 Å². The summed E-state index contributed by atoms with van der Waals surface area (Å²) >= 11 is 0. The van der Waals surface area contributed by atoms with Crippen LogP contribution in [0.3, 0.4) is 0 Å². The maximum absolute atomic E-state index is 11.7. The molecule has 0 aromatic carbocycles. The molecule has 0 amide bonds. The molecule has 2 heterocycles. The molecule has 160 valence electrons. The van der Waals surface area contributed by atoms with E-state index in [1.54, 1.807) is 0 Å². The Labute approximate surface area is 162 Å². The molecule has 2 fully saturated rings. The normalized spacial score (nSPS) is 28.5. The van der Waals surface area contributed by atoms with Crippen LogP contribution in [0.5, 0.6) is 0 Å². The Morgan fingerprint density at radius 3 is 1.83 bits per heavy atom. The second-order valence-electron chi connectivity index (χ2n) is 5.23. The Morgan fingerprint density at radius 1 is 0.897 bits per heavy atom. The van der Waals surface area contributed by atoms with Crippen molar-refractivity contribution in [2.45, 2.75) is 37.6 Å². The zero-order valence-electron chi connectivity index (χ0n) is 14.0. The molecule has 0 aromatic rings. The second-order valence-corrected chi connectivity index (χ2v) is 7.22. The third kappa shape index (κ3) is 6.84. The Morgan fingerprint density at radius 2 is 1.34 bits per heavy atom. The molecular formula is C12H12O15P2. The van der Waals surface area contributed by atoms with Crippen molar-refractivity contribution in [3.63, 3.8) is 0 Å². The Hall–Kier alpha value is -2.44. The first-order valence-electron chi connectivity index (χ1n) is 7.47. The minimum atomic E-state index is -2.92. The van der Waals surface area contributed by atoms with Crippen molar-refractivity contribution < 1.29 is 71.2 Å². The summed E-state index contributed by atoms with van der Waals surface area (Å²) in [6.45, 7) is 0. The van der Waals surface area contributed by atoms with Gasteiger partial charge in [0.05, 0.1) is 19.3 Å². The summed E-state index contributed by atoms with van der Waals surface area (Å²) in [5.41, 5.74) is 0. The zero-order valence-corrected chi connectivity index (χ0v) is 15.8. The number of carbonyl (C=O) groups excluding carboxylic acids is 6. The number of hydrogen-bond acceptors (Lipinski definition) is 15. The molecule has 5 atom stereocenters. The molecule has 29 heavy (non-hydrogen) atoms. The SMILES string of the molecule is O=C1CC(O)C(=O)OP(OC(=O)CC(O)C(=O)OP2OC(=O)CC(O)C(=O)O2)O1. The molecular weight excluding hydrogens is 446 g/mol. The van der Waals surface area contributed by atoms with E-state index in [2.05, 4.69) is 27.1 Å². The standard InChI is InChI=1S/C12H12O15P2/c13-4-1-7(16)22-28(25-10(4)19)23-8(17)2-5(14)11(20)26-29-24-9(18)3-6(15)12(21)27-29/h4-6,13-15H,1-3H2. The highest BCUT2D eigenvalue weighted by Gasteiger charge is 2.39. The third-order valence-electron chi connectivity index (χ3n) is 2.92. The lowest BCUT2D eigenvalue weighted by molar-refractivity contribution is -0.153. The van der Waals surface area contributed by atoms with Gasteiger partial charge < -0.3 is 42.5 Å². The van der Waals surface area contributed by atoms with E-state index in [9.17, 15) is 44.1 Å². The van der Waals surface area contributed by atoms with Crippen molar-refractivity contribution in [3.05, 3.63) is 0 Å². The highest BCUT2D eigenvalue weighted by molar-refractivity contribution is 7.44. The molecule has 0 saturated carbocycles. The fourth-order valence-electron chi connectivity index (χ4n) is 1.60. The summed E-state index contributed by atoms with van der Waals surface area (Å²) < 4.78 is 26.7. The summed E-state index contributed by atoms with van der Waals surface area (Å²) in [7, 11) is -5.78. The van der Waals surface area contributed by atoms with Crippen LogP contribution in [-0.2, 0) is 55.9 Å². The van der Waals surface area contributed by atoms with Gasteiger partial charge in [0.2, 0.25) is 0 Å². The molecule has 0 radical (unpaired) electrons. The number of aliphatic hydroxyl groups is 3. The molecule has 0 aromatic heterocycles. The number of rotatable bonds is 5. The van der Waals surface area contributed by atoms with Crippen LogP contribution in [0.4, 0.5) is 0 Å². The van der Waals surface area contributed by atoms with Crippen LogP contribution < -0.4 is 0 Å². The predicted molar refractivity (Wildman–Crippen MR) is 82.3 cm³/mol. The minimum absolute atomic E-state index is 0.722. The van der Waals surface area contributed by atoms with Crippen molar-refractivity contribution in [2.75, 3.05) is 0 Å². The van der Waals surface area contributed by atoms with Gasteiger partial charge in [0.25, 0.3) is 0 Å². The number of hydrogen-bond donors (Lipinski definition) is 3. The lowest BCUT2D eigenvalue weighted by Crippen LogP contribution is -2.26. The molecule has 0 aliphatic carbocycles. The van der Waals surface area contributed by atoms with Gasteiger partial charge in [-0.1, -0.05) is 0 Å². The molecule has 5 unspecified atom stereocenters. The Kier molecular flexibility index (Phi) is 7.76. The molecule has 2 aliphatic rings. The quantitative estimate of drug-likeness (QED) is 0.379. The highest BCUT2D eigenvalue weighted by Crippen LogP contribution is 2.44. The summed E-state index contributed by atoms with van der Waals surface area (Å²) in [6.07, 6.45) is -8.36. The number of carbonyl (C=O) groups is 6. The number of aliphatic hydroxyl groups excluding tert-OH is 3. The highest BCUT2D eigenvalue weighted by atomic mass is 31.2. The van der Waals surface area contributed by atoms with E-state index >= 15 is 0 Å². The largest absolute Gasteiger partial charge is 0.537 e. The molecule has 2 rings (SSSR count). The van der Waals surface area contributed by atoms with Gasteiger partial charge in [-0.05, 0) is 0 Å². The minimum Gasteiger partial charge on any atom is -0.381 e. The molecule has 2 saturated heterocycles. The average Bonchev–Trinajstić information content (AvgIpc) is 2.79. The molecule has 3 N–H and O–H groups in total. The summed E-state index contributed by atoms with van der Waals surface area (Å²) in [5, 5.41) is 28.1. The van der Waals surface area contributed by atoms with Gasteiger partial charge in [-0.3, -0.25) is 14.4 Å². The van der Waals surface area contributed by atoms with E-state index in [1.807, 2.05) is 0 Å². The lowest BCUT2D eigenvalue weighted by atomic mass is 10.3. The topological polar surface area (TPSA) is 218 Å². The summed E-state index contributed by atoms with van der Waals surface area (Å²) in [6, 6.07) is 0.